The molecule has 0 saturated carbocycles. The van der Waals surface area contributed by atoms with E-state index in [1.807, 2.05) is 18.2 Å². The minimum Gasteiger partial charge on any atom is -0.379 e. The quantitative estimate of drug-likeness (QED) is 0.811. The van der Waals surface area contributed by atoms with Gasteiger partial charge in [0.15, 0.2) is 0 Å². The van der Waals surface area contributed by atoms with Gasteiger partial charge in [0.05, 0.1) is 19.3 Å². The van der Waals surface area contributed by atoms with Crippen LogP contribution in [0.15, 0.2) is 54.6 Å². The minimum absolute atomic E-state index is 0.0983. The van der Waals surface area contributed by atoms with Gasteiger partial charge in [0.1, 0.15) is 0 Å². The maximum Gasteiger partial charge on any atom is 0.223 e. The Morgan fingerprint density at radius 1 is 1.07 bits per heavy atom. The fourth-order valence-corrected chi connectivity index (χ4v) is 4.64. The van der Waals surface area contributed by atoms with Gasteiger partial charge in [-0.25, -0.2) is 0 Å². The molecule has 2 aromatic rings. The molecule has 148 valence electrons. The first kappa shape index (κ1) is 19.2. The first-order valence-electron chi connectivity index (χ1n) is 10.3. The van der Waals surface area contributed by atoms with E-state index in [4.69, 9.17) is 4.74 Å². The lowest BCUT2D eigenvalue weighted by molar-refractivity contribution is -0.129. The summed E-state index contributed by atoms with van der Waals surface area (Å²) >= 11 is 0. The number of benzene rings is 2. The number of likely N-dealkylation sites (tertiary alicyclic amines) is 1. The molecule has 1 spiro atoms. The molecule has 0 unspecified atom stereocenters. The van der Waals surface area contributed by atoms with Crippen LogP contribution in [0.25, 0.3) is 0 Å². The van der Waals surface area contributed by atoms with Gasteiger partial charge in [-0.15, -0.1) is 0 Å². The van der Waals surface area contributed by atoms with Crippen molar-refractivity contribution < 1.29 is 9.53 Å². The Kier molecular flexibility index (Phi) is 5.51. The van der Waals surface area contributed by atoms with Crippen molar-refractivity contribution in [2.24, 2.45) is 5.41 Å². The van der Waals surface area contributed by atoms with Gasteiger partial charge in [-0.2, -0.15) is 0 Å². The normalized spacial score (nSPS) is 24.5. The van der Waals surface area contributed by atoms with E-state index in [0.717, 1.165) is 32.8 Å². The number of carbonyl (C=O) groups is 1. The predicted octanol–water partition coefficient (Wildman–Crippen LogP) is 3.81. The van der Waals surface area contributed by atoms with Gasteiger partial charge in [-0.05, 0) is 30.5 Å². The van der Waals surface area contributed by atoms with Crippen LogP contribution in [-0.4, -0.2) is 48.6 Å². The molecule has 2 atom stereocenters. The molecule has 1 amide bonds. The summed E-state index contributed by atoms with van der Waals surface area (Å²) in [5.74, 6) is 0.248. The smallest absolute Gasteiger partial charge is 0.223 e. The third-order valence-corrected chi connectivity index (χ3v) is 6.28. The lowest BCUT2D eigenvalue weighted by atomic mass is 9.87. The maximum atomic E-state index is 12.9. The summed E-state index contributed by atoms with van der Waals surface area (Å²) in [5, 5.41) is 0. The van der Waals surface area contributed by atoms with E-state index in [1.54, 1.807) is 0 Å². The van der Waals surface area contributed by atoms with Crippen molar-refractivity contribution >= 4 is 5.91 Å². The van der Waals surface area contributed by atoms with Crippen molar-refractivity contribution in [3.63, 3.8) is 0 Å². The highest BCUT2D eigenvalue weighted by molar-refractivity contribution is 5.80. The zero-order chi connectivity index (χ0) is 19.6. The van der Waals surface area contributed by atoms with E-state index in [0.29, 0.717) is 13.0 Å². The zero-order valence-corrected chi connectivity index (χ0v) is 16.9. The van der Waals surface area contributed by atoms with E-state index in [9.17, 15) is 4.79 Å². The molecule has 0 N–H and O–H groups in total. The first-order valence-corrected chi connectivity index (χ1v) is 10.3. The Hall–Kier alpha value is -2.17. The third kappa shape index (κ3) is 3.98. The van der Waals surface area contributed by atoms with Crippen LogP contribution in [0.5, 0.6) is 0 Å². The molecule has 4 nitrogen and oxygen atoms in total. The largest absolute Gasteiger partial charge is 0.379 e. The Bertz CT molecular complexity index is 822. The Labute approximate surface area is 168 Å². The molecule has 2 aliphatic rings. The van der Waals surface area contributed by atoms with Crippen LogP contribution in [0.3, 0.4) is 0 Å². The molecule has 28 heavy (non-hydrogen) atoms. The van der Waals surface area contributed by atoms with Gasteiger partial charge in [-0.3, -0.25) is 9.69 Å². The van der Waals surface area contributed by atoms with Gasteiger partial charge in [-0.1, -0.05) is 54.6 Å². The van der Waals surface area contributed by atoms with Gasteiger partial charge in [0.2, 0.25) is 5.91 Å². The summed E-state index contributed by atoms with van der Waals surface area (Å²) in [6, 6.07) is 19.0. The molecule has 2 saturated heterocycles. The molecule has 0 bridgehead atoms. The van der Waals surface area contributed by atoms with Crippen LogP contribution < -0.4 is 0 Å². The topological polar surface area (TPSA) is 32.8 Å². The number of hydrogen-bond donors (Lipinski definition) is 0. The van der Waals surface area contributed by atoms with Crippen molar-refractivity contribution in [1.29, 1.82) is 0 Å². The van der Waals surface area contributed by atoms with Gasteiger partial charge in [0, 0.05) is 38.0 Å². The fourth-order valence-electron chi connectivity index (χ4n) is 4.64. The summed E-state index contributed by atoms with van der Waals surface area (Å²) in [6.07, 6.45) is 0.578. The molecule has 4 heteroatoms. The monoisotopic (exact) mass is 378 g/mol. The number of carbonyl (C=O) groups excluding carboxylic acids is 1. The highest BCUT2D eigenvalue weighted by atomic mass is 16.5. The molecule has 0 aromatic heterocycles. The lowest BCUT2D eigenvalue weighted by Crippen LogP contribution is -2.41. The number of ether oxygens (including phenoxy) is 1. The van der Waals surface area contributed by atoms with E-state index < -0.39 is 0 Å². The standard InChI is InChI=1S/C24H30N2O2/c1-19-8-6-7-11-22(19)15-25-12-13-28-18-24(16-25)14-23(27)26(17-24)20(2)21-9-4-3-5-10-21/h3-11,20H,12-18H2,1-2H3/t20-,24+/m1/s1. The van der Waals surface area contributed by atoms with Crippen molar-refractivity contribution in [3.8, 4) is 0 Å². The Morgan fingerprint density at radius 3 is 2.61 bits per heavy atom. The number of rotatable bonds is 4. The second kappa shape index (κ2) is 8.06. The van der Waals surface area contributed by atoms with Crippen LogP contribution in [0.1, 0.15) is 36.1 Å². The molecule has 4 rings (SSSR count). The average Bonchev–Trinajstić information content (AvgIpc) is 2.89. The van der Waals surface area contributed by atoms with Gasteiger partial charge < -0.3 is 9.64 Å². The third-order valence-electron chi connectivity index (χ3n) is 6.28. The zero-order valence-electron chi connectivity index (χ0n) is 16.9. The summed E-state index contributed by atoms with van der Waals surface area (Å²) in [5.41, 5.74) is 3.76. The van der Waals surface area contributed by atoms with Crippen molar-refractivity contribution in [3.05, 3.63) is 71.3 Å². The number of hydrogen-bond acceptors (Lipinski definition) is 3. The molecule has 2 fully saturated rings. The highest BCUT2D eigenvalue weighted by Crippen LogP contribution is 2.38. The molecule has 2 aromatic carbocycles. The Morgan fingerprint density at radius 2 is 1.82 bits per heavy atom. The molecule has 2 aliphatic heterocycles. The minimum atomic E-state index is -0.112. The summed E-state index contributed by atoms with van der Waals surface area (Å²) in [7, 11) is 0. The van der Waals surface area contributed by atoms with E-state index in [2.05, 4.69) is 60.0 Å². The maximum absolute atomic E-state index is 12.9. The molecule has 0 aliphatic carbocycles. The average molecular weight is 379 g/mol. The van der Waals surface area contributed by atoms with Gasteiger partial charge in [0.25, 0.3) is 0 Å². The predicted molar refractivity (Wildman–Crippen MR) is 111 cm³/mol. The Balaban J connectivity index is 1.50. The van der Waals surface area contributed by atoms with Crippen LogP contribution in [0, 0.1) is 12.3 Å². The molecule has 0 radical (unpaired) electrons. The summed E-state index contributed by atoms with van der Waals surface area (Å²) in [6.45, 7) is 9.21. The lowest BCUT2D eigenvalue weighted by Gasteiger charge is -2.33. The second-order valence-corrected chi connectivity index (χ2v) is 8.47. The molecule has 2 heterocycles. The second-order valence-electron chi connectivity index (χ2n) is 8.47. The van der Waals surface area contributed by atoms with E-state index in [1.165, 1.54) is 16.7 Å². The SMILES string of the molecule is Cc1ccccc1CN1CCOC[C@@]2(CC(=O)N([C@H](C)c3ccccc3)C2)C1. The molecular formula is C24H30N2O2. The van der Waals surface area contributed by atoms with Crippen LogP contribution in [0.2, 0.25) is 0 Å². The van der Waals surface area contributed by atoms with Crippen LogP contribution >= 0.6 is 0 Å². The summed E-state index contributed by atoms with van der Waals surface area (Å²) < 4.78 is 5.99. The van der Waals surface area contributed by atoms with Crippen molar-refractivity contribution in [1.82, 2.24) is 9.80 Å². The number of nitrogens with zero attached hydrogens (tertiary/aromatic N) is 2. The van der Waals surface area contributed by atoms with Crippen molar-refractivity contribution in [2.75, 3.05) is 32.8 Å². The van der Waals surface area contributed by atoms with Crippen molar-refractivity contribution in [2.45, 2.75) is 32.9 Å². The first-order chi connectivity index (χ1) is 13.6. The van der Waals surface area contributed by atoms with E-state index >= 15 is 0 Å². The highest BCUT2D eigenvalue weighted by Gasteiger charge is 2.46. The molecular weight excluding hydrogens is 348 g/mol. The van der Waals surface area contributed by atoms with Crippen LogP contribution in [0.4, 0.5) is 0 Å². The number of amides is 1. The number of aryl methyl sites for hydroxylation is 1. The van der Waals surface area contributed by atoms with E-state index in [-0.39, 0.29) is 17.4 Å². The summed E-state index contributed by atoms with van der Waals surface area (Å²) in [4.78, 5) is 17.5. The van der Waals surface area contributed by atoms with Gasteiger partial charge >= 0.3 is 0 Å². The van der Waals surface area contributed by atoms with Crippen LogP contribution in [-0.2, 0) is 16.1 Å². The fraction of sp³-hybridized carbons (Fsp3) is 0.458.